The Labute approximate surface area is 494 Å². The van der Waals surface area contributed by atoms with E-state index >= 15 is 0 Å². The number of rotatable bonds is 67. The van der Waals surface area contributed by atoms with E-state index in [2.05, 4.69) is 43.5 Å². The summed E-state index contributed by atoms with van der Waals surface area (Å²) >= 11 is 0. The van der Waals surface area contributed by atoms with Crippen LogP contribution in [0.1, 0.15) is 393 Å². The molecule has 0 spiro atoms. The molecule has 0 aliphatic rings. The largest absolute Gasteiger partial charge is 0.466 e. The van der Waals surface area contributed by atoms with Gasteiger partial charge in [0.25, 0.3) is 0 Å². The molecule has 0 aliphatic carbocycles. The molecule has 0 aromatic carbocycles. The summed E-state index contributed by atoms with van der Waals surface area (Å²) in [6.45, 7) is 4.90. The number of nitrogens with one attached hydrogen (secondary N) is 1. The Balaban J connectivity index is 3.47. The molecule has 3 N–H and O–H groups in total. The first kappa shape index (κ1) is 77.1. The summed E-state index contributed by atoms with van der Waals surface area (Å²) in [5.74, 6) is -0.0827. The number of carbonyl (C=O) groups excluding carboxylic acids is 2. The lowest BCUT2D eigenvalue weighted by atomic mass is 10.0. The molecule has 0 aromatic rings. The normalized spacial score (nSPS) is 12.7. The first-order chi connectivity index (χ1) is 39.0. The van der Waals surface area contributed by atoms with Crippen LogP contribution >= 0.6 is 0 Å². The average molecular weight is 1110 g/mol. The van der Waals surface area contributed by atoms with Crippen molar-refractivity contribution in [3.63, 3.8) is 0 Å². The van der Waals surface area contributed by atoms with Gasteiger partial charge < -0.3 is 20.3 Å². The SMILES string of the molecule is CCCCCCCCCCCCCCCCCCCCCCCCC/C=C/C(O)C(CO)NC(=O)CCCCCCCCCCCC/C=C\C=C/CCCCCOC(=O)CCCCCCCCCCCCCCCCCCCC. The first-order valence-corrected chi connectivity index (χ1v) is 35.8. The zero-order chi connectivity index (χ0) is 57.1. The van der Waals surface area contributed by atoms with Crippen LogP contribution in [0, 0.1) is 0 Å². The molecule has 0 aromatic heterocycles. The van der Waals surface area contributed by atoms with Crippen molar-refractivity contribution < 1.29 is 24.5 Å². The molecule has 0 aliphatic heterocycles. The fraction of sp³-hybridized carbons (Fsp3) is 0.890. The van der Waals surface area contributed by atoms with Crippen molar-refractivity contribution in [3.8, 4) is 0 Å². The van der Waals surface area contributed by atoms with Crippen LogP contribution in [0.4, 0.5) is 0 Å². The second-order valence-electron chi connectivity index (χ2n) is 24.6. The Morgan fingerprint density at radius 2 is 0.620 bits per heavy atom. The van der Waals surface area contributed by atoms with E-state index in [4.69, 9.17) is 4.74 Å². The summed E-state index contributed by atoms with van der Waals surface area (Å²) in [6.07, 6.45) is 87.9. The second-order valence-corrected chi connectivity index (χ2v) is 24.6. The highest BCUT2D eigenvalue weighted by molar-refractivity contribution is 5.76. The number of hydrogen-bond donors (Lipinski definition) is 3. The molecular formula is C73H139NO5. The zero-order valence-electron chi connectivity index (χ0n) is 53.4. The van der Waals surface area contributed by atoms with Gasteiger partial charge in [0, 0.05) is 12.8 Å². The third-order valence-electron chi connectivity index (χ3n) is 16.7. The van der Waals surface area contributed by atoms with Gasteiger partial charge in [0.05, 0.1) is 25.4 Å². The second kappa shape index (κ2) is 68.6. The van der Waals surface area contributed by atoms with Crippen LogP contribution in [0.5, 0.6) is 0 Å². The molecule has 0 rings (SSSR count). The van der Waals surface area contributed by atoms with Crippen molar-refractivity contribution in [2.75, 3.05) is 13.2 Å². The molecule has 2 unspecified atom stereocenters. The Hall–Kier alpha value is -1.92. The summed E-state index contributed by atoms with van der Waals surface area (Å²) in [4.78, 5) is 24.6. The standard InChI is InChI=1S/C73H139NO5/c1-3-5-7-9-11-13-15-17-19-21-23-24-25-26-27-28-30-33-37-41-45-49-53-57-61-65-71(76)70(69-75)74-72(77)66-62-58-54-50-46-42-38-34-31-29-32-36-40-44-48-52-56-60-64-68-79-73(78)67-63-59-55-51-47-43-39-35-22-20-18-16-14-12-10-8-6-4-2/h36,40,44,48,61,65,70-71,75-76H,3-35,37-39,41-43,45-47,49-60,62-64,66-69H2,1-2H3,(H,74,77)/b40-36-,48-44-,65-61+. The molecule has 6 nitrogen and oxygen atoms in total. The van der Waals surface area contributed by atoms with Crippen LogP contribution in [0.25, 0.3) is 0 Å². The van der Waals surface area contributed by atoms with E-state index in [9.17, 15) is 19.8 Å². The number of aliphatic hydroxyl groups excluding tert-OH is 2. The van der Waals surface area contributed by atoms with Crippen molar-refractivity contribution in [1.82, 2.24) is 5.32 Å². The summed E-state index contributed by atoms with van der Waals surface area (Å²) in [6, 6.07) is -0.638. The third-order valence-corrected chi connectivity index (χ3v) is 16.7. The maximum Gasteiger partial charge on any atom is 0.305 e. The van der Waals surface area contributed by atoms with E-state index in [1.807, 2.05) is 6.08 Å². The van der Waals surface area contributed by atoms with E-state index in [1.165, 1.54) is 289 Å². The number of ether oxygens (including phenoxy) is 1. The highest BCUT2D eigenvalue weighted by atomic mass is 16.5. The first-order valence-electron chi connectivity index (χ1n) is 35.8. The van der Waals surface area contributed by atoms with Crippen LogP contribution in [0.3, 0.4) is 0 Å². The highest BCUT2D eigenvalue weighted by Crippen LogP contribution is 2.19. The number of carbonyl (C=O) groups is 2. The lowest BCUT2D eigenvalue weighted by Crippen LogP contribution is -2.45. The molecule has 1 amide bonds. The molecule has 0 radical (unpaired) electrons. The average Bonchev–Trinajstić information content (AvgIpc) is 3.45. The fourth-order valence-corrected chi connectivity index (χ4v) is 11.2. The maximum atomic E-state index is 12.5. The van der Waals surface area contributed by atoms with Crippen molar-refractivity contribution in [2.24, 2.45) is 0 Å². The van der Waals surface area contributed by atoms with Crippen LogP contribution in [-0.4, -0.2) is 47.4 Å². The van der Waals surface area contributed by atoms with Crippen LogP contribution in [0.15, 0.2) is 36.5 Å². The van der Waals surface area contributed by atoms with Gasteiger partial charge in [-0.25, -0.2) is 0 Å². The Morgan fingerprint density at radius 1 is 0.354 bits per heavy atom. The Morgan fingerprint density at radius 3 is 0.937 bits per heavy atom. The summed E-state index contributed by atoms with van der Waals surface area (Å²) < 4.78 is 5.48. The molecule has 0 bridgehead atoms. The lowest BCUT2D eigenvalue weighted by molar-refractivity contribution is -0.143. The number of unbranched alkanes of at least 4 members (excludes halogenated alkanes) is 53. The molecule has 466 valence electrons. The third kappa shape index (κ3) is 65.1. The molecule has 2 atom stereocenters. The van der Waals surface area contributed by atoms with Crippen molar-refractivity contribution in [1.29, 1.82) is 0 Å². The summed E-state index contributed by atoms with van der Waals surface area (Å²) in [7, 11) is 0. The monoisotopic (exact) mass is 1110 g/mol. The van der Waals surface area contributed by atoms with Gasteiger partial charge in [-0.05, 0) is 64.2 Å². The van der Waals surface area contributed by atoms with Crippen molar-refractivity contribution in [3.05, 3.63) is 36.5 Å². The minimum atomic E-state index is -0.853. The van der Waals surface area contributed by atoms with E-state index in [-0.39, 0.29) is 18.5 Å². The van der Waals surface area contributed by atoms with Crippen molar-refractivity contribution in [2.45, 2.75) is 405 Å². The van der Waals surface area contributed by atoms with E-state index in [1.54, 1.807) is 6.08 Å². The van der Waals surface area contributed by atoms with E-state index in [0.717, 1.165) is 77.0 Å². The van der Waals surface area contributed by atoms with Gasteiger partial charge in [0.15, 0.2) is 0 Å². The number of amides is 1. The van der Waals surface area contributed by atoms with Crippen LogP contribution < -0.4 is 5.32 Å². The molecule has 6 heteroatoms. The summed E-state index contributed by atoms with van der Waals surface area (Å²) in [5.41, 5.74) is 0. The quantitative estimate of drug-likeness (QED) is 0.0244. The molecule has 0 heterocycles. The smallest absolute Gasteiger partial charge is 0.305 e. The van der Waals surface area contributed by atoms with Gasteiger partial charge in [-0.2, -0.15) is 0 Å². The van der Waals surface area contributed by atoms with E-state index in [0.29, 0.717) is 19.4 Å². The highest BCUT2D eigenvalue weighted by Gasteiger charge is 2.18. The Kier molecular flexibility index (Phi) is 66.9. The van der Waals surface area contributed by atoms with Gasteiger partial charge in [-0.15, -0.1) is 0 Å². The minimum absolute atomic E-state index is 0.00893. The van der Waals surface area contributed by atoms with E-state index < -0.39 is 12.1 Å². The van der Waals surface area contributed by atoms with Gasteiger partial charge >= 0.3 is 5.97 Å². The van der Waals surface area contributed by atoms with Crippen LogP contribution in [-0.2, 0) is 14.3 Å². The van der Waals surface area contributed by atoms with Gasteiger partial charge in [0.2, 0.25) is 5.91 Å². The topological polar surface area (TPSA) is 95.9 Å². The van der Waals surface area contributed by atoms with Crippen LogP contribution in [0.2, 0.25) is 0 Å². The Bertz CT molecular complexity index is 1280. The van der Waals surface area contributed by atoms with Gasteiger partial charge in [-0.1, -0.05) is 352 Å². The number of hydrogen-bond acceptors (Lipinski definition) is 5. The van der Waals surface area contributed by atoms with Gasteiger partial charge in [-0.3, -0.25) is 9.59 Å². The predicted molar refractivity (Wildman–Crippen MR) is 347 cm³/mol. The minimum Gasteiger partial charge on any atom is -0.466 e. The maximum absolute atomic E-state index is 12.5. The lowest BCUT2D eigenvalue weighted by Gasteiger charge is -2.20. The number of allylic oxidation sites excluding steroid dienone is 5. The van der Waals surface area contributed by atoms with Crippen molar-refractivity contribution >= 4 is 11.9 Å². The van der Waals surface area contributed by atoms with Gasteiger partial charge in [0.1, 0.15) is 0 Å². The molecular weight excluding hydrogens is 971 g/mol. The predicted octanol–water partition coefficient (Wildman–Crippen LogP) is 23.1. The number of aliphatic hydroxyl groups is 2. The zero-order valence-corrected chi connectivity index (χ0v) is 53.4. The summed E-state index contributed by atoms with van der Waals surface area (Å²) in [5, 5.41) is 23.3. The fourth-order valence-electron chi connectivity index (χ4n) is 11.2. The molecule has 0 fully saturated rings. The number of esters is 1. The molecule has 0 saturated carbocycles. The molecule has 79 heavy (non-hydrogen) atoms. The molecule has 0 saturated heterocycles.